The smallest absolute Gasteiger partial charge is 0.336 e. The third kappa shape index (κ3) is 2.39. The van der Waals surface area contributed by atoms with Gasteiger partial charge < -0.3 is 9.64 Å². The molecule has 2 rings (SSSR count). The number of rotatable bonds is 4. The summed E-state index contributed by atoms with van der Waals surface area (Å²) in [6, 6.07) is 0. The van der Waals surface area contributed by atoms with Crippen molar-refractivity contribution < 1.29 is 9.53 Å². The Morgan fingerprint density at radius 2 is 2.00 bits per heavy atom. The van der Waals surface area contributed by atoms with Gasteiger partial charge in [0.2, 0.25) is 0 Å². The standard InChI is InChI=1S/C13H21NO2/c1-2-3-7-11-12(10-16-13(11)15)14-8-5-4-6-9-14/h2-10H2,1H3. The quantitative estimate of drug-likeness (QED) is 0.686. The van der Waals surface area contributed by atoms with Crippen molar-refractivity contribution in [3.05, 3.63) is 11.3 Å². The van der Waals surface area contributed by atoms with Crippen LogP contribution in [0.15, 0.2) is 11.3 Å². The highest BCUT2D eigenvalue weighted by Gasteiger charge is 2.28. The average Bonchev–Trinajstić information content (AvgIpc) is 2.69. The third-order valence-corrected chi connectivity index (χ3v) is 3.45. The molecule has 1 saturated heterocycles. The largest absolute Gasteiger partial charge is 0.456 e. The van der Waals surface area contributed by atoms with E-state index >= 15 is 0 Å². The maximum atomic E-state index is 11.6. The van der Waals surface area contributed by atoms with Crippen molar-refractivity contribution in [3.63, 3.8) is 0 Å². The number of carbonyl (C=O) groups excluding carboxylic acids is 1. The first-order valence-electron chi connectivity index (χ1n) is 6.47. The van der Waals surface area contributed by atoms with Gasteiger partial charge in [0.05, 0.1) is 11.3 Å². The van der Waals surface area contributed by atoms with Crippen molar-refractivity contribution in [1.82, 2.24) is 4.90 Å². The normalized spacial score (nSPS) is 21.6. The molecule has 0 aliphatic carbocycles. The lowest BCUT2D eigenvalue weighted by Gasteiger charge is -2.29. The van der Waals surface area contributed by atoms with Crippen molar-refractivity contribution in [2.75, 3.05) is 19.7 Å². The summed E-state index contributed by atoms with van der Waals surface area (Å²) in [5.74, 6) is -0.0750. The molecule has 16 heavy (non-hydrogen) atoms. The second kappa shape index (κ2) is 5.37. The van der Waals surface area contributed by atoms with Gasteiger partial charge in [-0.1, -0.05) is 13.3 Å². The van der Waals surface area contributed by atoms with Gasteiger partial charge in [-0.05, 0) is 32.1 Å². The van der Waals surface area contributed by atoms with Gasteiger partial charge in [-0.3, -0.25) is 0 Å². The van der Waals surface area contributed by atoms with E-state index in [9.17, 15) is 4.79 Å². The van der Waals surface area contributed by atoms with Crippen LogP contribution in [-0.2, 0) is 9.53 Å². The van der Waals surface area contributed by atoms with Gasteiger partial charge in [-0.15, -0.1) is 0 Å². The molecule has 2 aliphatic heterocycles. The summed E-state index contributed by atoms with van der Waals surface area (Å²) in [6.07, 6.45) is 6.92. The Bertz CT molecular complexity index is 290. The van der Waals surface area contributed by atoms with Crippen molar-refractivity contribution in [2.24, 2.45) is 0 Å². The van der Waals surface area contributed by atoms with Crippen LogP contribution in [0.4, 0.5) is 0 Å². The summed E-state index contributed by atoms with van der Waals surface area (Å²) < 4.78 is 5.17. The molecule has 0 bridgehead atoms. The number of cyclic esters (lactones) is 1. The van der Waals surface area contributed by atoms with Crippen LogP contribution in [0.2, 0.25) is 0 Å². The number of esters is 1. The Morgan fingerprint density at radius 3 is 2.69 bits per heavy atom. The summed E-state index contributed by atoms with van der Waals surface area (Å²) >= 11 is 0. The van der Waals surface area contributed by atoms with Gasteiger partial charge in [0, 0.05) is 13.1 Å². The summed E-state index contributed by atoms with van der Waals surface area (Å²) in [5.41, 5.74) is 2.13. The fourth-order valence-electron chi connectivity index (χ4n) is 2.47. The zero-order chi connectivity index (χ0) is 11.4. The predicted octanol–water partition coefficient (Wildman–Crippen LogP) is 2.47. The highest BCUT2D eigenvalue weighted by Crippen LogP contribution is 2.26. The van der Waals surface area contributed by atoms with Crippen LogP contribution in [-0.4, -0.2) is 30.6 Å². The van der Waals surface area contributed by atoms with Crippen LogP contribution in [0.25, 0.3) is 0 Å². The topological polar surface area (TPSA) is 29.5 Å². The summed E-state index contributed by atoms with van der Waals surface area (Å²) in [5, 5.41) is 0. The Labute approximate surface area is 97.5 Å². The van der Waals surface area contributed by atoms with Crippen molar-refractivity contribution in [3.8, 4) is 0 Å². The molecule has 0 N–H and O–H groups in total. The monoisotopic (exact) mass is 223 g/mol. The van der Waals surface area contributed by atoms with Crippen molar-refractivity contribution in [1.29, 1.82) is 0 Å². The first-order chi connectivity index (χ1) is 7.83. The minimum atomic E-state index is -0.0750. The molecule has 0 aromatic rings. The van der Waals surface area contributed by atoms with Gasteiger partial charge in [-0.2, -0.15) is 0 Å². The molecule has 0 amide bonds. The van der Waals surface area contributed by atoms with Gasteiger partial charge in [-0.25, -0.2) is 4.79 Å². The fraction of sp³-hybridized carbons (Fsp3) is 0.769. The molecule has 2 heterocycles. The van der Waals surface area contributed by atoms with E-state index in [-0.39, 0.29) is 5.97 Å². The van der Waals surface area contributed by atoms with Crippen LogP contribution in [0.3, 0.4) is 0 Å². The molecule has 90 valence electrons. The van der Waals surface area contributed by atoms with E-state index in [1.807, 2.05) is 0 Å². The van der Waals surface area contributed by atoms with E-state index in [0.717, 1.165) is 37.9 Å². The third-order valence-electron chi connectivity index (χ3n) is 3.45. The highest BCUT2D eigenvalue weighted by molar-refractivity contribution is 5.91. The van der Waals surface area contributed by atoms with Crippen LogP contribution in [0, 0.1) is 0 Å². The number of carbonyl (C=O) groups is 1. The Balaban J connectivity index is 2.07. The molecule has 0 aromatic heterocycles. The molecule has 0 atom stereocenters. The first kappa shape index (κ1) is 11.5. The lowest BCUT2D eigenvalue weighted by atomic mass is 10.1. The number of piperidine rings is 1. The Morgan fingerprint density at radius 1 is 1.25 bits per heavy atom. The van der Waals surface area contributed by atoms with Crippen LogP contribution >= 0.6 is 0 Å². The minimum Gasteiger partial charge on any atom is -0.456 e. The second-order valence-electron chi connectivity index (χ2n) is 4.65. The summed E-state index contributed by atoms with van der Waals surface area (Å²) in [4.78, 5) is 14.0. The Hall–Kier alpha value is -0.990. The van der Waals surface area contributed by atoms with Crippen LogP contribution < -0.4 is 0 Å². The Kier molecular flexibility index (Phi) is 3.86. The fourth-order valence-corrected chi connectivity index (χ4v) is 2.47. The molecule has 2 aliphatic rings. The molecule has 3 heteroatoms. The number of unbranched alkanes of at least 4 members (excludes halogenated alkanes) is 1. The number of hydrogen-bond donors (Lipinski definition) is 0. The van der Waals surface area contributed by atoms with Gasteiger partial charge in [0.25, 0.3) is 0 Å². The predicted molar refractivity (Wildman–Crippen MR) is 62.9 cm³/mol. The maximum absolute atomic E-state index is 11.6. The molecule has 0 unspecified atom stereocenters. The van der Waals surface area contributed by atoms with E-state index in [4.69, 9.17) is 4.74 Å². The number of hydrogen-bond acceptors (Lipinski definition) is 3. The summed E-state index contributed by atoms with van der Waals surface area (Å²) in [7, 11) is 0. The van der Waals surface area contributed by atoms with E-state index in [1.54, 1.807) is 0 Å². The second-order valence-corrected chi connectivity index (χ2v) is 4.65. The average molecular weight is 223 g/mol. The van der Waals surface area contributed by atoms with E-state index in [2.05, 4.69) is 11.8 Å². The molecule has 0 radical (unpaired) electrons. The minimum absolute atomic E-state index is 0.0750. The van der Waals surface area contributed by atoms with E-state index in [1.165, 1.54) is 25.0 Å². The molecular formula is C13H21NO2. The maximum Gasteiger partial charge on any atom is 0.336 e. The SMILES string of the molecule is CCCCC1=C(N2CCCCC2)COC1=O. The lowest BCUT2D eigenvalue weighted by Crippen LogP contribution is -2.30. The number of likely N-dealkylation sites (tertiary alicyclic amines) is 1. The zero-order valence-corrected chi connectivity index (χ0v) is 10.1. The first-order valence-corrected chi connectivity index (χ1v) is 6.47. The van der Waals surface area contributed by atoms with E-state index < -0.39 is 0 Å². The highest BCUT2D eigenvalue weighted by atomic mass is 16.5. The number of nitrogens with zero attached hydrogens (tertiary/aromatic N) is 1. The van der Waals surface area contributed by atoms with Gasteiger partial charge in [0.15, 0.2) is 0 Å². The summed E-state index contributed by atoms with van der Waals surface area (Å²) in [6.45, 7) is 4.86. The molecular weight excluding hydrogens is 202 g/mol. The van der Waals surface area contributed by atoms with Gasteiger partial charge >= 0.3 is 5.97 Å². The molecule has 3 nitrogen and oxygen atoms in total. The molecule has 0 aromatic carbocycles. The van der Waals surface area contributed by atoms with Gasteiger partial charge in [0.1, 0.15) is 6.61 Å². The molecule has 0 saturated carbocycles. The van der Waals surface area contributed by atoms with E-state index in [0.29, 0.717) is 6.61 Å². The molecule has 0 spiro atoms. The van der Waals surface area contributed by atoms with Crippen LogP contribution in [0.5, 0.6) is 0 Å². The number of ether oxygens (including phenoxy) is 1. The van der Waals surface area contributed by atoms with Crippen LogP contribution in [0.1, 0.15) is 45.4 Å². The lowest BCUT2D eigenvalue weighted by molar-refractivity contribution is -0.136. The zero-order valence-electron chi connectivity index (χ0n) is 10.1. The van der Waals surface area contributed by atoms with Crippen molar-refractivity contribution in [2.45, 2.75) is 45.4 Å². The molecule has 1 fully saturated rings. The van der Waals surface area contributed by atoms with Crippen molar-refractivity contribution >= 4 is 5.97 Å².